The van der Waals surface area contributed by atoms with Crippen LogP contribution in [0.4, 0.5) is 4.39 Å². The molecule has 1 atom stereocenters. The molecule has 1 aromatic carbocycles. The Balaban J connectivity index is 2.26. The molecule has 0 radical (unpaired) electrons. The molecule has 0 aliphatic carbocycles. The van der Waals surface area contributed by atoms with Gasteiger partial charge in [0.1, 0.15) is 11.4 Å². The lowest BCUT2D eigenvalue weighted by Gasteiger charge is -2.31. The first kappa shape index (κ1) is 16.3. The highest BCUT2D eigenvalue weighted by Gasteiger charge is 2.39. The highest BCUT2D eigenvalue weighted by Crippen LogP contribution is 2.43. The number of hydrogen-bond acceptors (Lipinski definition) is 4. The standard InChI is InChI=1S/C16H18BFN2O2/c1-22-15-10-12(2-3-13(15)14(21)4-9-19)16(18)5-7-17(11-20)8-6-16/h2-3,10,14,21H,4-8H2,1H3. The number of ether oxygens (including phenoxy) is 1. The molecule has 1 unspecified atom stereocenters. The third-order valence-electron chi connectivity index (χ3n) is 4.36. The Morgan fingerprint density at radius 2 is 2.09 bits per heavy atom. The maximum Gasteiger partial charge on any atom is 0.268 e. The molecule has 0 aromatic heterocycles. The van der Waals surface area contributed by atoms with Crippen LogP contribution in [-0.4, -0.2) is 18.9 Å². The Morgan fingerprint density at radius 3 is 2.64 bits per heavy atom. The van der Waals surface area contributed by atoms with Gasteiger partial charge in [-0.3, -0.25) is 0 Å². The summed E-state index contributed by atoms with van der Waals surface area (Å²) < 4.78 is 20.4. The molecule has 6 heteroatoms. The van der Waals surface area contributed by atoms with Crippen molar-refractivity contribution in [3.05, 3.63) is 29.3 Å². The molecule has 0 spiro atoms. The predicted molar refractivity (Wildman–Crippen MR) is 81.2 cm³/mol. The summed E-state index contributed by atoms with van der Waals surface area (Å²) in [6.07, 6.45) is 0.741. The van der Waals surface area contributed by atoms with Crippen LogP contribution < -0.4 is 4.74 Å². The predicted octanol–water partition coefficient (Wildman–Crippen LogP) is 3.16. The molecule has 0 bridgehead atoms. The van der Waals surface area contributed by atoms with Gasteiger partial charge in [0, 0.05) is 11.5 Å². The highest BCUT2D eigenvalue weighted by atomic mass is 19.1. The fourth-order valence-corrected chi connectivity index (χ4v) is 2.95. The van der Waals surface area contributed by atoms with E-state index in [1.54, 1.807) is 18.2 Å². The van der Waals surface area contributed by atoms with Crippen LogP contribution in [0.1, 0.15) is 36.5 Å². The smallest absolute Gasteiger partial charge is 0.268 e. The fourth-order valence-electron chi connectivity index (χ4n) is 2.95. The zero-order valence-electron chi connectivity index (χ0n) is 12.6. The van der Waals surface area contributed by atoms with E-state index in [9.17, 15) is 5.11 Å². The van der Waals surface area contributed by atoms with Crippen LogP contribution in [0.3, 0.4) is 0 Å². The Hall–Kier alpha value is -2.05. The highest BCUT2D eigenvalue weighted by molar-refractivity contribution is 6.67. The van der Waals surface area contributed by atoms with Gasteiger partial charge in [-0.15, -0.1) is 0 Å². The fraction of sp³-hybridized carbons (Fsp3) is 0.500. The van der Waals surface area contributed by atoms with Gasteiger partial charge in [-0.2, -0.15) is 5.26 Å². The van der Waals surface area contributed by atoms with Crippen molar-refractivity contribution in [3.8, 4) is 17.8 Å². The Kier molecular flexibility index (Phi) is 5.05. The van der Waals surface area contributed by atoms with Crippen molar-refractivity contribution < 1.29 is 14.2 Å². The summed E-state index contributed by atoms with van der Waals surface area (Å²) in [4.78, 5) is 0. The van der Waals surface area contributed by atoms with Gasteiger partial charge in [0.2, 0.25) is 0 Å². The van der Waals surface area contributed by atoms with Crippen molar-refractivity contribution in [2.45, 2.75) is 43.7 Å². The molecule has 1 aliphatic heterocycles. The minimum absolute atomic E-state index is 0.0413. The van der Waals surface area contributed by atoms with Crippen LogP contribution in [0.25, 0.3) is 0 Å². The quantitative estimate of drug-likeness (QED) is 0.866. The van der Waals surface area contributed by atoms with E-state index in [2.05, 4.69) is 5.97 Å². The van der Waals surface area contributed by atoms with Crippen molar-refractivity contribution in [2.24, 2.45) is 0 Å². The lowest BCUT2D eigenvalue weighted by Crippen LogP contribution is -2.30. The summed E-state index contributed by atoms with van der Waals surface area (Å²) in [5, 5.41) is 27.5. The lowest BCUT2D eigenvalue weighted by atomic mass is 9.41. The first-order chi connectivity index (χ1) is 10.5. The molecule has 2 rings (SSSR count). The van der Waals surface area contributed by atoms with E-state index in [-0.39, 0.29) is 13.1 Å². The average Bonchev–Trinajstić information content (AvgIpc) is 2.55. The average molecular weight is 300 g/mol. The Labute approximate surface area is 130 Å². The summed E-state index contributed by atoms with van der Waals surface area (Å²) in [6, 6.07) is 6.77. The molecule has 4 nitrogen and oxygen atoms in total. The molecule has 1 heterocycles. The SMILES string of the molecule is COc1cc(C2(F)CCB(C#N)CC2)ccc1C(O)CC#N. The normalized spacial score (nSPS) is 18.1. The number of halogens is 1. The van der Waals surface area contributed by atoms with E-state index in [4.69, 9.17) is 15.3 Å². The molecule has 114 valence electrons. The number of aliphatic hydroxyl groups is 1. The van der Waals surface area contributed by atoms with E-state index in [1.165, 1.54) is 7.11 Å². The maximum absolute atomic E-state index is 15.1. The van der Waals surface area contributed by atoms with E-state index < -0.39 is 11.8 Å². The summed E-state index contributed by atoms with van der Waals surface area (Å²) in [6.45, 7) is -0.0671. The van der Waals surface area contributed by atoms with Gasteiger partial charge < -0.3 is 9.84 Å². The molecular weight excluding hydrogens is 282 g/mol. The summed E-state index contributed by atoms with van der Waals surface area (Å²) >= 11 is 0. The van der Waals surface area contributed by atoms with Gasteiger partial charge in [-0.25, -0.2) is 9.65 Å². The third-order valence-corrected chi connectivity index (χ3v) is 4.36. The van der Waals surface area contributed by atoms with Crippen LogP contribution in [0.15, 0.2) is 18.2 Å². The van der Waals surface area contributed by atoms with Crippen molar-refractivity contribution in [1.82, 2.24) is 0 Å². The second kappa shape index (κ2) is 6.81. The lowest BCUT2D eigenvalue weighted by molar-refractivity contribution is 0.143. The molecular formula is C16H18BFN2O2. The van der Waals surface area contributed by atoms with Gasteiger partial charge >= 0.3 is 0 Å². The number of alkyl halides is 1. The second-order valence-electron chi connectivity index (χ2n) is 5.70. The van der Waals surface area contributed by atoms with E-state index in [0.717, 1.165) is 0 Å². The molecule has 0 amide bonds. The summed E-state index contributed by atoms with van der Waals surface area (Å²) in [5.74, 6) is 2.59. The molecule has 0 saturated carbocycles. The van der Waals surface area contributed by atoms with Crippen LogP contribution in [0.2, 0.25) is 12.6 Å². The zero-order chi connectivity index (χ0) is 16.2. The third kappa shape index (κ3) is 3.23. The number of methoxy groups -OCH3 is 1. The molecule has 22 heavy (non-hydrogen) atoms. The molecule has 1 aromatic rings. The first-order valence-corrected chi connectivity index (χ1v) is 7.36. The largest absolute Gasteiger partial charge is 0.496 e. The second-order valence-corrected chi connectivity index (χ2v) is 5.70. The van der Waals surface area contributed by atoms with Gasteiger partial charge in [-0.05, 0) is 24.5 Å². The zero-order valence-corrected chi connectivity index (χ0v) is 12.6. The van der Waals surface area contributed by atoms with Gasteiger partial charge in [0.05, 0.1) is 25.7 Å². The number of benzene rings is 1. The topological polar surface area (TPSA) is 77.0 Å². The van der Waals surface area contributed by atoms with Gasteiger partial charge in [0.15, 0.2) is 0 Å². The number of hydrogen-bond donors (Lipinski definition) is 1. The van der Waals surface area contributed by atoms with Gasteiger partial charge in [0.25, 0.3) is 6.71 Å². The van der Waals surface area contributed by atoms with Gasteiger partial charge in [-0.1, -0.05) is 24.8 Å². The van der Waals surface area contributed by atoms with Crippen LogP contribution >= 0.6 is 0 Å². The van der Waals surface area contributed by atoms with Crippen LogP contribution in [0, 0.1) is 22.6 Å². The van der Waals surface area contributed by atoms with Crippen LogP contribution in [0.5, 0.6) is 5.75 Å². The van der Waals surface area contributed by atoms with Crippen LogP contribution in [-0.2, 0) is 5.67 Å². The first-order valence-electron chi connectivity index (χ1n) is 7.36. The molecule has 1 aliphatic rings. The van der Waals surface area contributed by atoms with Crippen molar-refractivity contribution in [2.75, 3.05) is 7.11 Å². The monoisotopic (exact) mass is 300 g/mol. The molecule has 1 saturated heterocycles. The molecule has 1 N–H and O–H groups in total. The van der Waals surface area contributed by atoms with Crippen molar-refractivity contribution in [1.29, 1.82) is 10.5 Å². The maximum atomic E-state index is 15.1. The minimum atomic E-state index is -1.46. The van der Waals surface area contributed by atoms with Crippen molar-refractivity contribution in [3.63, 3.8) is 0 Å². The van der Waals surface area contributed by atoms with E-state index in [1.807, 2.05) is 6.07 Å². The summed E-state index contributed by atoms with van der Waals surface area (Å²) in [5.41, 5.74) is -0.463. The molecule has 1 fully saturated rings. The Bertz CT molecular complexity index is 616. The van der Waals surface area contributed by atoms with E-state index >= 15 is 4.39 Å². The number of nitriles is 2. The number of aliphatic hydroxyl groups excluding tert-OH is 1. The van der Waals surface area contributed by atoms with E-state index in [0.29, 0.717) is 42.4 Å². The minimum Gasteiger partial charge on any atom is -0.496 e. The summed E-state index contributed by atoms with van der Waals surface area (Å²) in [7, 11) is 1.46. The number of nitrogens with zero attached hydrogens (tertiary/aromatic N) is 2. The Morgan fingerprint density at radius 1 is 1.41 bits per heavy atom. The number of rotatable bonds is 4. The van der Waals surface area contributed by atoms with Crippen molar-refractivity contribution >= 4 is 6.71 Å².